The zero-order valence-corrected chi connectivity index (χ0v) is 14.8. The van der Waals surface area contributed by atoms with Gasteiger partial charge in [-0.25, -0.2) is 5.84 Å². The molecule has 3 aromatic rings. The predicted octanol–water partition coefficient (Wildman–Crippen LogP) is 0.821. The largest absolute Gasteiger partial charge is 0.505 e. The predicted molar refractivity (Wildman–Crippen MR) is 98.7 cm³/mol. The van der Waals surface area contributed by atoms with Gasteiger partial charge in [-0.15, -0.1) is 15.0 Å². The van der Waals surface area contributed by atoms with Gasteiger partial charge in [0.1, 0.15) is 22.5 Å². The number of hydrogen-bond acceptors (Lipinski definition) is 6. The van der Waals surface area contributed by atoms with Crippen LogP contribution < -0.4 is 16.6 Å². The molecule has 9 nitrogen and oxygen atoms in total. The van der Waals surface area contributed by atoms with E-state index in [0.717, 1.165) is 5.56 Å². The van der Waals surface area contributed by atoms with Gasteiger partial charge in [-0.3, -0.25) is 15.0 Å². The Hall–Kier alpha value is -3.46. The van der Waals surface area contributed by atoms with Gasteiger partial charge in [-0.05, 0) is 30.7 Å². The number of amides is 2. The minimum Gasteiger partial charge on any atom is -0.505 e. The number of carbonyl (C=O) groups is 2. The molecule has 0 saturated carbocycles. The standard InChI is InChI=1S/C18H20N6O3/c1-11-8-12(10-20-16(25)6-7-17(26)21-19)18(27)15(9-11)24-22-13-4-2-3-5-14(13)23-24/h2-5,8-9,27H,6-7,10,19H2,1H3,(H,20,25)(H,21,26). The Morgan fingerprint density at radius 2 is 1.74 bits per heavy atom. The number of aromatic hydroxyl groups is 1. The SMILES string of the molecule is Cc1cc(CNC(=O)CCC(=O)NN)c(O)c(-n2nc3ccccc3n2)c1. The van der Waals surface area contributed by atoms with Gasteiger partial charge in [0, 0.05) is 24.9 Å². The number of phenols is 1. The molecule has 0 unspecified atom stereocenters. The molecule has 0 radical (unpaired) electrons. The van der Waals surface area contributed by atoms with Crippen molar-refractivity contribution in [2.45, 2.75) is 26.3 Å². The van der Waals surface area contributed by atoms with Crippen molar-refractivity contribution < 1.29 is 14.7 Å². The van der Waals surface area contributed by atoms with E-state index in [-0.39, 0.29) is 31.0 Å². The molecule has 9 heteroatoms. The molecule has 0 spiro atoms. The highest BCUT2D eigenvalue weighted by Crippen LogP contribution is 2.28. The van der Waals surface area contributed by atoms with Crippen LogP contribution in [0.15, 0.2) is 36.4 Å². The highest BCUT2D eigenvalue weighted by atomic mass is 16.3. The second-order valence-corrected chi connectivity index (χ2v) is 6.11. The first-order chi connectivity index (χ1) is 13.0. The number of aromatic nitrogens is 3. The van der Waals surface area contributed by atoms with Gasteiger partial charge in [0.05, 0.1) is 0 Å². The number of phenolic OH excluding ortho intramolecular Hbond substituents is 1. The summed E-state index contributed by atoms with van der Waals surface area (Å²) in [5.41, 5.74) is 5.24. The summed E-state index contributed by atoms with van der Waals surface area (Å²) in [7, 11) is 0. The number of nitrogens with one attached hydrogen (secondary N) is 2. The van der Waals surface area contributed by atoms with Crippen LogP contribution in [0.4, 0.5) is 0 Å². The maximum Gasteiger partial charge on any atom is 0.234 e. The van der Waals surface area contributed by atoms with E-state index in [4.69, 9.17) is 5.84 Å². The number of benzene rings is 2. The third kappa shape index (κ3) is 4.21. The summed E-state index contributed by atoms with van der Waals surface area (Å²) >= 11 is 0. The Bertz CT molecular complexity index is 965. The van der Waals surface area contributed by atoms with Crippen molar-refractivity contribution in [3.8, 4) is 11.4 Å². The van der Waals surface area contributed by atoms with Gasteiger partial charge in [0.2, 0.25) is 11.8 Å². The van der Waals surface area contributed by atoms with Crippen LogP contribution in [-0.4, -0.2) is 31.9 Å². The fourth-order valence-corrected chi connectivity index (χ4v) is 2.67. The van der Waals surface area contributed by atoms with Crippen molar-refractivity contribution in [3.05, 3.63) is 47.5 Å². The summed E-state index contributed by atoms with van der Waals surface area (Å²) in [5.74, 6) is 4.24. The highest BCUT2D eigenvalue weighted by Gasteiger charge is 2.14. The molecule has 5 N–H and O–H groups in total. The molecule has 1 heterocycles. The monoisotopic (exact) mass is 368 g/mol. The number of hydrogen-bond donors (Lipinski definition) is 4. The van der Waals surface area contributed by atoms with Crippen LogP contribution in [-0.2, 0) is 16.1 Å². The molecule has 1 aromatic heterocycles. The summed E-state index contributed by atoms with van der Waals surface area (Å²) in [5, 5.41) is 22.1. The summed E-state index contributed by atoms with van der Waals surface area (Å²) in [6.45, 7) is 1.99. The van der Waals surface area contributed by atoms with Gasteiger partial charge < -0.3 is 10.4 Å². The number of fused-ring (bicyclic) bond motifs is 1. The van der Waals surface area contributed by atoms with Gasteiger partial charge >= 0.3 is 0 Å². The maximum atomic E-state index is 11.9. The third-order valence-electron chi connectivity index (χ3n) is 4.03. The van der Waals surface area contributed by atoms with E-state index in [1.165, 1.54) is 4.80 Å². The first kappa shape index (κ1) is 18.3. The summed E-state index contributed by atoms with van der Waals surface area (Å²) in [4.78, 5) is 24.3. The molecule has 3 rings (SSSR count). The molecule has 0 fully saturated rings. The van der Waals surface area contributed by atoms with Gasteiger partial charge in [0.15, 0.2) is 0 Å². The maximum absolute atomic E-state index is 11.9. The summed E-state index contributed by atoms with van der Waals surface area (Å²) < 4.78 is 0. The number of nitrogens with two attached hydrogens (primary N) is 1. The van der Waals surface area contributed by atoms with E-state index in [1.807, 2.05) is 36.6 Å². The fourth-order valence-electron chi connectivity index (χ4n) is 2.67. The third-order valence-corrected chi connectivity index (χ3v) is 4.03. The molecule has 0 bridgehead atoms. The Balaban J connectivity index is 1.79. The molecule has 2 aromatic carbocycles. The van der Waals surface area contributed by atoms with Crippen molar-refractivity contribution in [3.63, 3.8) is 0 Å². The van der Waals surface area contributed by atoms with Crippen molar-refractivity contribution in [1.82, 2.24) is 25.7 Å². The number of rotatable bonds is 6. The topological polar surface area (TPSA) is 135 Å². The molecule has 140 valence electrons. The van der Waals surface area contributed by atoms with Crippen molar-refractivity contribution in [2.75, 3.05) is 0 Å². The van der Waals surface area contributed by atoms with Gasteiger partial charge in [0.25, 0.3) is 0 Å². The lowest BCUT2D eigenvalue weighted by atomic mass is 10.1. The molecular weight excluding hydrogens is 348 g/mol. The fraction of sp³-hybridized carbons (Fsp3) is 0.222. The number of aryl methyl sites for hydroxylation is 1. The van der Waals surface area contributed by atoms with Crippen LogP contribution in [0.2, 0.25) is 0 Å². The first-order valence-electron chi connectivity index (χ1n) is 8.39. The normalized spacial score (nSPS) is 10.7. The average Bonchev–Trinajstić information content (AvgIpc) is 3.10. The molecule has 0 aliphatic carbocycles. The van der Waals surface area contributed by atoms with Crippen LogP contribution >= 0.6 is 0 Å². The molecule has 0 atom stereocenters. The Labute approximate surface area is 155 Å². The molecule has 0 saturated heterocycles. The Morgan fingerprint density at radius 3 is 2.37 bits per heavy atom. The van der Waals surface area contributed by atoms with E-state index in [1.54, 1.807) is 12.1 Å². The van der Waals surface area contributed by atoms with E-state index >= 15 is 0 Å². The summed E-state index contributed by atoms with van der Waals surface area (Å²) in [6.07, 6.45) is 0.00570. The molecule has 0 aliphatic heterocycles. The first-order valence-corrected chi connectivity index (χ1v) is 8.39. The lowest BCUT2D eigenvalue weighted by molar-refractivity contribution is -0.126. The van der Waals surface area contributed by atoms with E-state index in [2.05, 4.69) is 15.5 Å². The number of hydrazine groups is 1. The van der Waals surface area contributed by atoms with E-state index in [9.17, 15) is 14.7 Å². The highest BCUT2D eigenvalue weighted by molar-refractivity contribution is 5.83. The van der Waals surface area contributed by atoms with Crippen molar-refractivity contribution >= 4 is 22.8 Å². The van der Waals surface area contributed by atoms with Crippen molar-refractivity contribution in [1.29, 1.82) is 0 Å². The van der Waals surface area contributed by atoms with E-state index < -0.39 is 5.91 Å². The second kappa shape index (κ2) is 7.83. The van der Waals surface area contributed by atoms with Crippen molar-refractivity contribution in [2.24, 2.45) is 5.84 Å². The lowest BCUT2D eigenvalue weighted by Crippen LogP contribution is -2.31. The molecule has 0 aliphatic rings. The molecular formula is C18H20N6O3. The zero-order chi connectivity index (χ0) is 19.4. The van der Waals surface area contributed by atoms with Gasteiger partial charge in [-0.1, -0.05) is 18.2 Å². The van der Waals surface area contributed by atoms with E-state index in [0.29, 0.717) is 22.3 Å². The minimum absolute atomic E-state index is 0.00280. The lowest BCUT2D eigenvalue weighted by Gasteiger charge is -2.12. The van der Waals surface area contributed by atoms with Crippen LogP contribution in [0.25, 0.3) is 16.7 Å². The smallest absolute Gasteiger partial charge is 0.234 e. The number of carbonyl (C=O) groups excluding carboxylic acids is 2. The van der Waals surface area contributed by atoms with Crippen LogP contribution in [0.5, 0.6) is 5.75 Å². The zero-order valence-electron chi connectivity index (χ0n) is 14.8. The second-order valence-electron chi connectivity index (χ2n) is 6.11. The Morgan fingerprint density at radius 1 is 1.11 bits per heavy atom. The van der Waals surface area contributed by atoms with Gasteiger partial charge in [-0.2, -0.15) is 0 Å². The quantitative estimate of drug-likeness (QED) is 0.289. The molecule has 27 heavy (non-hydrogen) atoms. The van der Waals surface area contributed by atoms with Crippen LogP contribution in [0.3, 0.4) is 0 Å². The summed E-state index contributed by atoms with van der Waals surface area (Å²) in [6, 6.07) is 10.9. The van der Waals surface area contributed by atoms with Crippen LogP contribution in [0.1, 0.15) is 24.0 Å². The minimum atomic E-state index is -0.414. The Kier molecular flexibility index (Phi) is 5.32. The van der Waals surface area contributed by atoms with Crippen LogP contribution in [0, 0.1) is 6.92 Å². The number of nitrogens with zero attached hydrogens (tertiary/aromatic N) is 3. The molecule has 2 amide bonds. The average molecular weight is 368 g/mol.